The van der Waals surface area contributed by atoms with Crippen LogP contribution < -0.4 is 10.1 Å². The van der Waals surface area contributed by atoms with E-state index in [0.29, 0.717) is 22.7 Å². The van der Waals surface area contributed by atoms with Crippen molar-refractivity contribution in [3.05, 3.63) is 70.6 Å². The first kappa shape index (κ1) is 18.7. The predicted molar refractivity (Wildman–Crippen MR) is 109 cm³/mol. The summed E-state index contributed by atoms with van der Waals surface area (Å²) >= 11 is 1.33. The number of rotatable bonds is 4. The van der Waals surface area contributed by atoms with Crippen molar-refractivity contribution >= 4 is 28.9 Å². The number of esters is 1. The molecule has 2 heterocycles. The second kappa shape index (κ2) is 7.78. The molecule has 1 aliphatic rings. The van der Waals surface area contributed by atoms with Crippen LogP contribution in [-0.2, 0) is 16.1 Å². The number of nitriles is 1. The Balaban J connectivity index is 1.45. The number of hydrogen-bond acceptors (Lipinski definition) is 6. The monoisotopic (exact) mass is 404 g/mol. The molecule has 144 valence electrons. The van der Waals surface area contributed by atoms with Crippen molar-refractivity contribution in [2.75, 3.05) is 5.32 Å². The number of benzene rings is 2. The van der Waals surface area contributed by atoms with Gasteiger partial charge >= 0.3 is 5.97 Å². The molecule has 1 aliphatic heterocycles. The van der Waals surface area contributed by atoms with E-state index < -0.39 is 18.0 Å². The fourth-order valence-electron chi connectivity index (χ4n) is 2.98. The summed E-state index contributed by atoms with van der Waals surface area (Å²) < 4.78 is 11.1. The molecule has 0 unspecified atom stereocenters. The van der Waals surface area contributed by atoms with E-state index in [1.165, 1.54) is 18.3 Å². The van der Waals surface area contributed by atoms with Crippen LogP contribution in [0.5, 0.6) is 5.75 Å². The second-order valence-corrected chi connectivity index (χ2v) is 7.53. The van der Waals surface area contributed by atoms with Gasteiger partial charge in [0.2, 0.25) is 0 Å². The molecule has 7 heteroatoms. The van der Waals surface area contributed by atoms with Crippen molar-refractivity contribution in [1.29, 1.82) is 5.26 Å². The largest absolute Gasteiger partial charge is 0.488 e. The molecule has 1 N–H and O–H groups in total. The fourth-order valence-corrected chi connectivity index (χ4v) is 4.06. The van der Waals surface area contributed by atoms with Crippen LogP contribution >= 0.6 is 11.3 Å². The van der Waals surface area contributed by atoms with Crippen LogP contribution in [0.25, 0.3) is 10.4 Å². The van der Waals surface area contributed by atoms with E-state index in [1.807, 2.05) is 30.3 Å². The molecule has 0 radical (unpaired) electrons. The van der Waals surface area contributed by atoms with E-state index in [4.69, 9.17) is 14.7 Å². The topological polar surface area (TPSA) is 88.4 Å². The molecule has 0 saturated heterocycles. The Morgan fingerprint density at radius 3 is 2.86 bits per heavy atom. The molecule has 1 atom stereocenters. The summed E-state index contributed by atoms with van der Waals surface area (Å²) in [5.74, 6) is -0.243. The minimum Gasteiger partial charge on any atom is -0.488 e. The first-order chi connectivity index (χ1) is 14.0. The van der Waals surface area contributed by atoms with Gasteiger partial charge in [-0.2, -0.15) is 5.26 Å². The van der Waals surface area contributed by atoms with Gasteiger partial charge in [-0.05, 0) is 43.3 Å². The number of carbonyl (C=O) groups is 2. The molecule has 4 rings (SSSR count). The average Bonchev–Trinajstić information content (AvgIpc) is 3.19. The summed E-state index contributed by atoms with van der Waals surface area (Å²) in [5, 5.41) is 11.6. The number of fused-ring (bicyclic) bond motifs is 3. The number of nitrogens with zero attached hydrogens (tertiary/aromatic N) is 1. The van der Waals surface area contributed by atoms with Gasteiger partial charge in [-0.25, -0.2) is 4.79 Å². The van der Waals surface area contributed by atoms with Crippen LogP contribution in [0.3, 0.4) is 0 Å². The molecule has 6 nitrogen and oxygen atoms in total. The molecular formula is C22H16N2O4S. The van der Waals surface area contributed by atoms with Crippen LogP contribution in [0.15, 0.2) is 54.6 Å². The first-order valence-corrected chi connectivity index (χ1v) is 9.73. The predicted octanol–water partition coefficient (Wildman–Crippen LogP) is 4.36. The Kier molecular flexibility index (Phi) is 5.02. The van der Waals surface area contributed by atoms with E-state index in [2.05, 4.69) is 5.32 Å². The molecule has 1 aromatic heterocycles. The Labute approximate surface area is 171 Å². The minimum atomic E-state index is -0.990. The van der Waals surface area contributed by atoms with E-state index in [9.17, 15) is 9.59 Å². The summed E-state index contributed by atoms with van der Waals surface area (Å²) in [6, 6.07) is 17.9. The molecule has 0 aliphatic carbocycles. The number of amides is 1. The number of ether oxygens (including phenoxy) is 2. The summed E-state index contributed by atoms with van der Waals surface area (Å²) in [5.41, 5.74) is 2.77. The van der Waals surface area contributed by atoms with Gasteiger partial charge in [-0.15, -0.1) is 11.3 Å². The van der Waals surface area contributed by atoms with E-state index >= 15 is 0 Å². The van der Waals surface area contributed by atoms with Crippen molar-refractivity contribution in [3.63, 3.8) is 0 Å². The maximum atomic E-state index is 12.6. The summed E-state index contributed by atoms with van der Waals surface area (Å²) in [7, 11) is 0. The molecule has 0 saturated carbocycles. The first-order valence-electron chi connectivity index (χ1n) is 8.92. The Bertz CT molecular complexity index is 1150. The number of nitrogens with one attached hydrogen (secondary N) is 1. The zero-order valence-electron chi connectivity index (χ0n) is 15.5. The maximum absolute atomic E-state index is 12.6. The highest BCUT2D eigenvalue weighted by molar-refractivity contribution is 7.17. The van der Waals surface area contributed by atoms with Gasteiger partial charge in [-0.3, -0.25) is 4.79 Å². The Hall–Kier alpha value is -3.63. The van der Waals surface area contributed by atoms with E-state index in [-0.39, 0.29) is 0 Å². The molecule has 0 fully saturated rings. The lowest BCUT2D eigenvalue weighted by Crippen LogP contribution is -2.29. The number of anilines is 1. The standard InChI is InChI=1S/C22H16N2O4S/c1-13(21(25)24-16-6-4-5-14(9-16)11-23)28-22(26)19-10-15-12-27-18-8-3-2-7-17(18)20(15)29-19/h2-10,13H,12H2,1H3,(H,24,25)/t13-/m0/s1. The molecular weight excluding hydrogens is 388 g/mol. The second-order valence-electron chi connectivity index (χ2n) is 6.48. The van der Waals surface area contributed by atoms with Gasteiger partial charge in [0.05, 0.1) is 11.6 Å². The third kappa shape index (κ3) is 3.84. The van der Waals surface area contributed by atoms with Crippen molar-refractivity contribution in [3.8, 4) is 22.3 Å². The fraction of sp³-hybridized carbons (Fsp3) is 0.136. The number of hydrogen-bond donors (Lipinski definition) is 1. The molecule has 1 amide bonds. The zero-order valence-corrected chi connectivity index (χ0v) is 16.3. The highest BCUT2D eigenvalue weighted by Gasteiger charge is 2.25. The average molecular weight is 404 g/mol. The van der Waals surface area contributed by atoms with E-state index in [1.54, 1.807) is 30.3 Å². The van der Waals surface area contributed by atoms with Crippen LogP contribution in [0, 0.1) is 11.3 Å². The van der Waals surface area contributed by atoms with Gasteiger partial charge < -0.3 is 14.8 Å². The SMILES string of the molecule is C[C@H](OC(=O)c1cc2c(s1)-c1ccccc1OC2)C(=O)Nc1cccc(C#N)c1. The van der Waals surface area contributed by atoms with Crippen LogP contribution in [0.1, 0.15) is 27.7 Å². The summed E-state index contributed by atoms with van der Waals surface area (Å²) in [6.45, 7) is 1.90. The van der Waals surface area contributed by atoms with Crippen LogP contribution in [0.4, 0.5) is 5.69 Å². The van der Waals surface area contributed by atoms with Crippen molar-refractivity contribution in [1.82, 2.24) is 0 Å². The molecule has 29 heavy (non-hydrogen) atoms. The molecule has 2 aromatic carbocycles. The molecule has 0 spiro atoms. The Morgan fingerprint density at radius 1 is 1.21 bits per heavy atom. The van der Waals surface area contributed by atoms with Crippen molar-refractivity contribution < 1.29 is 19.1 Å². The summed E-state index contributed by atoms with van der Waals surface area (Å²) in [6.07, 6.45) is -0.990. The van der Waals surface area contributed by atoms with E-state index in [0.717, 1.165) is 21.8 Å². The lowest BCUT2D eigenvalue weighted by molar-refractivity contribution is -0.123. The third-order valence-electron chi connectivity index (χ3n) is 4.44. The van der Waals surface area contributed by atoms with Crippen LogP contribution in [0.2, 0.25) is 0 Å². The number of carbonyl (C=O) groups excluding carboxylic acids is 2. The lowest BCUT2D eigenvalue weighted by Gasteiger charge is -2.16. The number of para-hydroxylation sites is 1. The van der Waals surface area contributed by atoms with Gasteiger partial charge in [0.15, 0.2) is 6.10 Å². The minimum absolute atomic E-state index is 0.390. The smallest absolute Gasteiger partial charge is 0.349 e. The maximum Gasteiger partial charge on any atom is 0.349 e. The quantitative estimate of drug-likeness (QED) is 0.653. The van der Waals surface area contributed by atoms with Crippen molar-refractivity contribution in [2.45, 2.75) is 19.6 Å². The van der Waals surface area contributed by atoms with Gasteiger partial charge in [-0.1, -0.05) is 18.2 Å². The summed E-state index contributed by atoms with van der Waals surface area (Å²) in [4.78, 5) is 26.3. The molecule has 3 aromatic rings. The Morgan fingerprint density at radius 2 is 2.03 bits per heavy atom. The van der Waals surface area contributed by atoms with Gasteiger partial charge in [0.25, 0.3) is 5.91 Å². The third-order valence-corrected chi connectivity index (χ3v) is 5.63. The van der Waals surface area contributed by atoms with Crippen molar-refractivity contribution in [2.24, 2.45) is 0 Å². The van der Waals surface area contributed by atoms with Gasteiger partial charge in [0.1, 0.15) is 17.2 Å². The van der Waals surface area contributed by atoms with Crippen LogP contribution in [-0.4, -0.2) is 18.0 Å². The number of thiophene rings is 1. The zero-order chi connectivity index (χ0) is 20.4. The lowest BCUT2D eigenvalue weighted by atomic mass is 10.1. The normalized spacial score (nSPS) is 12.6. The highest BCUT2D eigenvalue weighted by Crippen LogP contribution is 2.42. The van der Waals surface area contributed by atoms with Gasteiger partial charge in [0, 0.05) is 21.7 Å². The highest BCUT2D eigenvalue weighted by atomic mass is 32.1. The molecule has 0 bridgehead atoms.